The molecular formula is C23H24N4O8. The molecule has 3 fully saturated rings. The third-order valence-electron chi connectivity index (χ3n) is 6.95. The van der Waals surface area contributed by atoms with Gasteiger partial charge in [0.25, 0.3) is 17.7 Å². The predicted octanol–water partition coefficient (Wildman–Crippen LogP) is 0.982. The highest BCUT2D eigenvalue weighted by molar-refractivity contribution is 6.06. The maximum absolute atomic E-state index is 12.8. The van der Waals surface area contributed by atoms with Crippen molar-refractivity contribution in [2.75, 3.05) is 40.0 Å². The Bertz CT molecular complexity index is 1110. The maximum Gasteiger partial charge on any atom is 0.315 e. The van der Waals surface area contributed by atoms with Gasteiger partial charge in [0.1, 0.15) is 0 Å². The van der Waals surface area contributed by atoms with Gasteiger partial charge >= 0.3 is 5.69 Å². The number of nitro groups is 1. The van der Waals surface area contributed by atoms with Crippen molar-refractivity contribution in [3.05, 3.63) is 40.0 Å². The summed E-state index contributed by atoms with van der Waals surface area (Å²) in [5.41, 5.74) is -0.196. The molecule has 3 amide bonds. The van der Waals surface area contributed by atoms with Gasteiger partial charge in [0, 0.05) is 24.7 Å². The molecule has 1 saturated carbocycles. The molecule has 0 N–H and O–H groups in total. The number of carbonyl (C=O) groups is 3. The lowest BCUT2D eigenvalue weighted by Crippen LogP contribution is -2.43. The summed E-state index contributed by atoms with van der Waals surface area (Å²) in [4.78, 5) is 50.7. The fraction of sp³-hybridized carbons (Fsp3) is 0.478. The maximum atomic E-state index is 12.8. The van der Waals surface area contributed by atoms with Gasteiger partial charge in [-0.05, 0) is 24.3 Å². The van der Waals surface area contributed by atoms with E-state index in [0.29, 0.717) is 26.3 Å². The number of imide groups is 1. The number of ether oxygens (including phenoxy) is 3. The molecule has 4 atom stereocenters. The zero-order valence-corrected chi connectivity index (χ0v) is 19.0. The first-order valence-electron chi connectivity index (χ1n) is 11.3. The molecule has 0 spiro atoms. The van der Waals surface area contributed by atoms with E-state index in [4.69, 9.17) is 14.2 Å². The van der Waals surface area contributed by atoms with Crippen LogP contribution in [-0.4, -0.2) is 78.8 Å². The number of hydrogen-bond donors (Lipinski definition) is 0. The molecule has 0 unspecified atom stereocenters. The number of nitro benzene ring substituents is 1. The Morgan fingerprint density at radius 2 is 1.86 bits per heavy atom. The largest absolute Gasteiger partial charge is 0.493 e. The van der Waals surface area contributed by atoms with Crippen LogP contribution in [0, 0.1) is 33.8 Å². The molecule has 12 nitrogen and oxygen atoms in total. The van der Waals surface area contributed by atoms with Gasteiger partial charge in [-0.2, -0.15) is 10.1 Å². The predicted molar refractivity (Wildman–Crippen MR) is 120 cm³/mol. The first kappa shape index (κ1) is 23.0. The van der Waals surface area contributed by atoms with Crippen molar-refractivity contribution >= 4 is 29.6 Å². The first-order valence-corrected chi connectivity index (χ1v) is 11.3. The van der Waals surface area contributed by atoms with E-state index in [1.54, 1.807) is 4.90 Å². The van der Waals surface area contributed by atoms with Gasteiger partial charge in [0.2, 0.25) is 5.75 Å². The van der Waals surface area contributed by atoms with Gasteiger partial charge in [-0.1, -0.05) is 12.2 Å². The number of hydrazone groups is 1. The van der Waals surface area contributed by atoms with E-state index in [-0.39, 0.29) is 46.6 Å². The Labute approximate surface area is 200 Å². The lowest BCUT2D eigenvalue weighted by molar-refractivity contribution is -0.385. The number of allylic oxidation sites excluding steroid dienone is 2. The lowest BCUT2D eigenvalue weighted by Gasteiger charge is -2.26. The number of morpholine rings is 1. The van der Waals surface area contributed by atoms with Crippen LogP contribution >= 0.6 is 0 Å². The van der Waals surface area contributed by atoms with Crippen molar-refractivity contribution in [3.63, 3.8) is 0 Å². The van der Waals surface area contributed by atoms with E-state index in [0.717, 1.165) is 11.4 Å². The fourth-order valence-corrected chi connectivity index (χ4v) is 5.28. The minimum atomic E-state index is -0.658. The fourth-order valence-electron chi connectivity index (χ4n) is 5.28. The van der Waals surface area contributed by atoms with E-state index in [2.05, 4.69) is 5.10 Å². The smallest absolute Gasteiger partial charge is 0.315 e. The molecule has 4 aliphatic rings. The van der Waals surface area contributed by atoms with Crippen LogP contribution in [0.5, 0.6) is 11.5 Å². The van der Waals surface area contributed by atoms with Gasteiger partial charge in [0.15, 0.2) is 12.4 Å². The van der Waals surface area contributed by atoms with Crippen molar-refractivity contribution in [2.24, 2.45) is 28.8 Å². The summed E-state index contributed by atoms with van der Waals surface area (Å²) in [5, 5.41) is 16.7. The Kier molecular flexibility index (Phi) is 5.97. The molecule has 35 heavy (non-hydrogen) atoms. The molecule has 2 bridgehead atoms. The second-order valence-electron chi connectivity index (χ2n) is 8.84. The molecule has 5 rings (SSSR count). The van der Waals surface area contributed by atoms with Crippen LogP contribution in [0.25, 0.3) is 0 Å². The number of rotatable bonds is 7. The van der Waals surface area contributed by atoms with Gasteiger partial charge in [0.05, 0.1) is 43.3 Å². The molecule has 0 radical (unpaired) electrons. The molecule has 0 aromatic heterocycles. The van der Waals surface area contributed by atoms with E-state index in [1.165, 1.54) is 25.5 Å². The average Bonchev–Trinajstić information content (AvgIpc) is 3.55. The van der Waals surface area contributed by atoms with Crippen LogP contribution in [-0.2, 0) is 19.1 Å². The number of benzene rings is 1. The third kappa shape index (κ3) is 4.03. The Hall–Kier alpha value is -3.80. The Morgan fingerprint density at radius 3 is 2.46 bits per heavy atom. The van der Waals surface area contributed by atoms with Crippen molar-refractivity contribution in [2.45, 2.75) is 6.42 Å². The van der Waals surface area contributed by atoms with Crippen LogP contribution in [0.2, 0.25) is 0 Å². The number of hydrogen-bond acceptors (Lipinski definition) is 9. The summed E-state index contributed by atoms with van der Waals surface area (Å²) in [6.07, 6.45) is 6.00. The second kappa shape index (κ2) is 9.10. The Balaban J connectivity index is 1.35. The third-order valence-corrected chi connectivity index (χ3v) is 6.95. The number of methoxy groups -OCH3 is 1. The molecular weight excluding hydrogens is 460 g/mol. The van der Waals surface area contributed by atoms with Crippen molar-refractivity contribution in [3.8, 4) is 11.5 Å². The van der Waals surface area contributed by atoms with E-state index in [1.807, 2.05) is 12.2 Å². The van der Waals surface area contributed by atoms with Gasteiger partial charge in [-0.25, -0.2) is 0 Å². The summed E-state index contributed by atoms with van der Waals surface area (Å²) in [5.74, 6) is -1.87. The molecule has 184 valence electrons. The van der Waals surface area contributed by atoms with Crippen LogP contribution in [0.1, 0.15) is 12.0 Å². The zero-order valence-electron chi connectivity index (χ0n) is 19.0. The van der Waals surface area contributed by atoms with E-state index in [9.17, 15) is 24.5 Å². The van der Waals surface area contributed by atoms with Gasteiger partial charge in [-0.3, -0.25) is 24.5 Å². The monoisotopic (exact) mass is 484 g/mol. The summed E-state index contributed by atoms with van der Waals surface area (Å²) in [6, 6.07) is 2.62. The van der Waals surface area contributed by atoms with Crippen LogP contribution < -0.4 is 9.47 Å². The van der Waals surface area contributed by atoms with Crippen LogP contribution in [0.15, 0.2) is 29.4 Å². The number of nitrogens with zero attached hydrogens (tertiary/aromatic N) is 4. The highest BCUT2D eigenvalue weighted by Crippen LogP contribution is 2.52. The molecule has 2 aliphatic carbocycles. The minimum absolute atomic E-state index is 0.0219. The number of amides is 3. The molecule has 1 aromatic carbocycles. The molecule has 2 saturated heterocycles. The SMILES string of the molecule is COc1cc(C=NN2C(=O)[C@@H]3[C@H](C2=O)[C@H]2C=C[C@H]3C2)cc([N+](=O)[O-])c1OCC(=O)N1CCOCC1. The summed E-state index contributed by atoms with van der Waals surface area (Å²) >= 11 is 0. The zero-order chi connectivity index (χ0) is 24.7. The minimum Gasteiger partial charge on any atom is -0.493 e. The second-order valence-corrected chi connectivity index (χ2v) is 8.84. The molecule has 1 aromatic rings. The highest BCUT2D eigenvalue weighted by atomic mass is 16.6. The summed E-state index contributed by atoms with van der Waals surface area (Å²) < 4.78 is 16.0. The summed E-state index contributed by atoms with van der Waals surface area (Å²) in [6.45, 7) is 1.28. The van der Waals surface area contributed by atoms with Crippen molar-refractivity contribution < 1.29 is 33.5 Å². The molecule has 2 aliphatic heterocycles. The standard InChI is InChI=1S/C23H24N4O8/c1-33-17-9-13(11-24-26-22(29)19-14-2-3-15(10-14)20(19)23(26)30)8-16(27(31)32)21(17)35-12-18(28)25-4-6-34-7-5-25/h2-3,8-9,11,14-15,19-20H,4-7,10,12H2,1H3/t14-,15-,19-,20+/m0/s1. The molecule has 2 heterocycles. The quantitative estimate of drug-likeness (QED) is 0.183. The average molecular weight is 484 g/mol. The van der Waals surface area contributed by atoms with Crippen molar-refractivity contribution in [1.82, 2.24) is 9.91 Å². The first-order chi connectivity index (χ1) is 16.9. The normalized spacial score (nSPS) is 27.1. The molecule has 12 heteroatoms. The lowest BCUT2D eigenvalue weighted by atomic mass is 9.85. The number of fused-ring (bicyclic) bond motifs is 5. The van der Waals surface area contributed by atoms with E-state index < -0.39 is 29.1 Å². The van der Waals surface area contributed by atoms with Crippen LogP contribution in [0.3, 0.4) is 0 Å². The Morgan fingerprint density at radius 1 is 1.20 bits per heavy atom. The van der Waals surface area contributed by atoms with Gasteiger partial charge < -0.3 is 19.1 Å². The summed E-state index contributed by atoms with van der Waals surface area (Å²) in [7, 11) is 1.31. The van der Waals surface area contributed by atoms with E-state index >= 15 is 0 Å². The highest BCUT2D eigenvalue weighted by Gasteiger charge is 2.59. The topological polar surface area (TPSA) is 141 Å². The van der Waals surface area contributed by atoms with Crippen molar-refractivity contribution in [1.29, 1.82) is 0 Å². The van der Waals surface area contributed by atoms with Crippen LogP contribution in [0.4, 0.5) is 5.69 Å². The number of carbonyl (C=O) groups excluding carboxylic acids is 3. The van der Waals surface area contributed by atoms with Gasteiger partial charge in [-0.15, -0.1) is 0 Å².